The minimum absolute atomic E-state index is 0.111. The molecule has 2 N–H and O–H groups in total. The molecule has 0 aliphatic heterocycles. The van der Waals surface area contributed by atoms with Crippen LogP contribution in [-0.2, 0) is 4.79 Å². The Morgan fingerprint density at radius 2 is 2.00 bits per heavy atom. The van der Waals surface area contributed by atoms with Gasteiger partial charge in [0.2, 0.25) is 5.91 Å². The van der Waals surface area contributed by atoms with Crippen LogP contribution in [0.5, 0.6) is 0 Å². The Bertz CT molecular complexity index is 265. The van der Waals surface area contributed by atoms with E-state index in [0.717, 1.165) is 32.2 Å². The normalized spacial score (nSPS) is 18.2. The predicted molar refractivity (Wildman–Crippen MR) is 82.7 cm³/mol. The van der Waals surface area contributed by atoms with E-state index < -0.39 is 0 Å². The van der Waals surface area contributed by atoms with Gasteiger partial charge >= 0.3 is 0 Å². The van der Waals surface area contributed by atoms with Crippen LogP contribution in [0.2, 0.25) is 0 Å². The van der Waals surface area contributed by atoms with Gasteiger partial charge in [0.1, 0.15) is 0 Å². The van der Waals surface area contributed by atoms with E-state index in [4.69, 9.17) is 0 Å². The largest absolute Gasteiger partial charge is 0.395 e. The van der Waals surface area contributed by atoms with E-state index in [1.807, 2.05) is 6.92 Å². The molecule has 0 aromatic carbocycles. The zero-order chi connectivity index (χ0) is 14.8. The average molecular weight is 284 g/mol. The molecule has 0 spiro atoms. The monoisotopic (exact) mass is 284 g/mol. The van der Waals surface area contributed by atoms with Crippen LogP contribution in [0, 0.1) is 0 Å². The number of nitrogens with one attached hydrogen (secondary N) is 1. The number of aliphatic hydroxyl groups excluding tert-OH is 1. The second-order valence-corrected chi connectivity index (χ2v) is 5.93. The Kier molecular flexibility index (Phi) is 8.86. The fraction of sp³-hybridized carbons (Fsp3) is 0.938. The molecule has 1 amide bonds. The van der Waals surface area contributed by atoms with Crippen LogP contribution < -0.4 is 5.32 Å². The number of hydrogen-bond acceptors (Lipinski definition) is 3. The fourth-order valence-corrected chi connectivity index (χ4v) is 3.11. The molecule has 1 atom stereocenters. The molecule has 0 radical (unpaired) electrons. The van der Waals surface area contributed by atoms with Crippen molar-refractivity contribution in [2.75, 3.05) is 19.7 Å². The minimum atomic E-state index is -0.133. The van der Waals surface area contributed by atoms with E-state index >= 15 is 0 Å². The Hall–Kier alpha value is -0.610. The molecule has 0 saturated heterocycles. The van der Waals surface area contributed by atoms with Gasteiger partial charge in [0, 0.05) is 19.1 Å². The molecular formula is C16H32N2O2. The molecule has 4 nitrogen and oxygen atoms in total. The van der Waals surface area contributed by atoms with Crippen LogP contribution in [0.25, 0.3) is 0 Å². The molecule has 1 aliphatic carbocycles. The van der Waals surface area contributed by atoms with Crippen LogP contribution in [0.3, 0.4) is 0 Å². The van der Waals surface area contributed by atoms with Gasteiger partial charge in [-0.2, -0.15) is 0 Å². The highest BCUT2D eigenvalue weighted by Crippen LogP contribution is 2.24. The van der Waals surface area contributed by atoms with Gasteiger partial charge in [0.15, 0.2) is 0 Å². The average Bonchev–Trinajstić information content (AvgIpc) is 2.49. The first kappa shape index (κ1) is 17.4. The van der Waals surface area contributed by atoms with E-state index in [0.29, 0.717) is 12.6 Å². The molecule has 1 fully saturated rings. The first-order valence-corrected chi connectivity index (χ1v) is 8.35. The molecule has 1 saturated carbocycles. The van der Waals surface area contributed by atoms with Crippen molar-refractivity contribution in [1.82, 2.24) is 10.2 Å². The van der Waals surface area contributed by atoms with Crippen LogP contribution in [0.1, 0.15) is 65.2 Å². The summed E-state index contributed by atoms with van der Waals surface area (Å²) in [6.07, 6.45) is 9.51. The molecule has 20 heavy (non-hydrogen) atoms. The molecule has 1 rings (SSSR count). The summed E-state index contributed by atoms with van der Waals surface area (Å²) in [5.41, 5.74) is 0. The lowest BCUT2D eigenvalue weighted by atomic mass is 9.93. The van der Waals surface area contributed by atoms with Gasteiger partial charge in [0.05, 0.1) is 12.6 Å². The van der Waals surface area contributed by atoms with Gasteiger partial charge < -0.3 is 10.4 Å². The maximum absolute atomic E-state index is 12.2. The van der Waals surface area contributed by atoms with Crippen LogP contribution in [0.15, 0.2) is 0 Å². The molecule has 4 heteroatoms. The molecule has 0 heterocycles. The highest BCUT2D eigenvalue weighted by molar-refractivity contribution is 5.81. The first-order valence-electron chi connectivity index (χ1n) is 8.35. The van der Waals surface area contributed by atoms with Crippen molar-refractivity contribution in [3.8, 4) is 0 Å². The van der Waals surface area contributed by atoms with Gasteiger partial charge in [0.25, 0.3) is 0 Å². The second-order valence-electron chi connectivity index (χ2n) is 5.93. The third kappa shape index (κ3) is 5.80. The highest BCUT2D eigenvalue weighted by atomic mass is 16.3. The fourth-order valence-electron chi connectivity index (χ4n) is 3.11. The van der Waals surface area contributed by atoms with E-state index in [2.05, 4.69) is 17.1 Å². The molecule has 0 aromatic rings. The third-order valence-electron chi connectivity index (χ3n) is 4.36. The molecule has 1 aliphatic rings. The number of nitrogens with zero attached hydrogens (tertiary/aromatic N) is 1. The smallest absolute Gasteiger partial charge is 0.237 e. The Balaban J connectivity index is 2.44. The van der Waals surface area contributed by atoms with E-state index in [-0.39, 0.29) is 18.6 Å². The summed E-state index contributed by atoms with van der Waals surface area (Å²) in [7, 11) is 0. The van der Waals surface area contributed by atoms with Crippen molar-refractivity contribution < 1.29 is 9.90 Å². The lowest BCUT2D eigenvalue weighted by molar-refractivity contribution is -0.127. The summed E-state index contributed by atoms with van der Waals surface area (Å²) in [5.74, 6) is 0.111. The highest BCUT2D eigenvalue weighted by Gasteiger charge is 2.28. The molecule has 0 aromatic heterocycles. The van der Waals surface area contributed by atoms with Crippen LogP contribution in [-0.4, -0.2) is 47.7 Å². The number of rotatable bonds is 9. The topological polar surface area (TPSA) is 52.6 Å². The van der Waals surface area contributed by atoms with Crippen LogP contribution >= 0.6 is 0 Å². The molecular weight excluding hydrogens is 252 g/mol. The van der Waals surface area contributed by atoms with Gasteiger partial charge in [-0.3, -0.25) is 9.69 Å². The number of amides is 1. The summed E-state index contributed by atoms with van der Waals surface area (Å²) >= 11 is 0. The van der Waals surface area contributed by atoms with E-state index in [1.54, 1.807) is 0 Å². The Labute approximate surface area is 123 Å². The second kappa shape index (κ2) is 10.2. The quantitative estimate of drug-likeness (QED) is 0.639. The number of carbonyl (C=O) groups is 1. The van der Waals surface area contributed by atoms with Crippen molar-refractivity contribution in [3.05, 3.63) is 0 Å². The van der Waals surface area contributed by atoms with Crippen molar-refractivity contribution in [2.45, 2.75) is 77.3 Å². The minimum Gasteiger partial charge on any atom is -0.395 e. The molecule has 1 unspecified atom stereocenters. The maximum Gasteiger partial charge on any atom is 0.237 e. The zero-order valence-corrected chi connectivity index (χ0v) is 13.2. The van der Waals surface area contributed by atoms with Crippen molar-refractivity contribution in [1.29, 1.82) is 0 Å². The predicted octanol–water partition coefficient (Wildman–Crippen LogP) is 2.31. The van der Waals surface area contributed by atoms with E-state index in [1.165, 1.54) is 25.7 Å². The first-order chi connectivity index (χ1) is 9.70. The van der Waals surface area contributed by atoms with E-state index in [9.17, 15) is 9.90 Å². The van der Waals surface area contributed by atoms with Crippen molar-refractivity contribution in [3.63, 3.8) is 0 Å². The number of carbonyl (C=O) groups excluding carboxylic acids is 1. The van der Waals surface area contributed by atoms with Crippen molar-refractivity contribution >= 4 is 5.91 Å². The summed E-state index contributed by atoms with van der Waals surface area (Å²) in [4.78, 5) is 14.4. The summed E-state index contributed by atoms with van der Waals surface area (Å²) in [6.45, 7) is 5.64. The van der Waals surface area contributed by atoms with Crippen molar-refractivity contribution in [2.24, 2.45) is 0 Å². The van der Waals surface area contributed by atoms with Gasteiger partial charge in [-0.1, -0.05) is 39.0 Å². The number of unbranched alkanes of at least 4 members (excludes halogenated alkanes) is 2. The maximum atomic E-state index is 12.2. The lowest BCUT2D eigenvalue weighted by Crippen LogP contribution is -2.51. The summed E-state index contributed by atoms with van der Waals surface area (Å²) in [5, 5.41) is 12.3. The lowest BCUT2D eigenvalue weighted by Gasteiger charge is -2.37. The SMILES string of the molecule is CCCCCNC(=O)C(C)N(CCO)C1CCCCC1. The summed E-state index contributed by atoms with van der Waals surface area (Å²) < 4.78 is 0. The third-order valence-corrected chi connectivity index (χ3v) is 4.36. The summed E-state index contributed by atoms with van der Waals surface area (Å²) in [6, 6.07) is 0.333. The zero-order valence-electron chi connectivity index (χ0n) is 13.2. The Morgan fingerprint density at radius 1 is 1.30 bits per heavy atom. The van der Waals surface area contributed by atoms with Gasteiger partial charge in [-0.15, -0.1) is 0 Å². The molecule has 118 valence electrons. The Morgan fingerprint density at radius 3 is 2.60 bits per heavy atom. The van der Waals surface area contributed by atoms with Crippen LogP contribution in [0.4, 0.5) is 0 Å². The van der Waals surface area contributed by atoms with Gasteiger partial charge in [-0.05, 0) is 26.2 Å². The van der Waals surface area contributed by atoms with Gasteiger partial charge in [-0.25, -0.2) is 0 Å². The number of hydrogen-bond donors (Lipinski definition) is 2. The standard InChI is InChI=1S/C16H32N2O2/c1-3-4-8-11-17-16(20)14(2)18(12-13-19)15-9-6-5-7-10-15/h14-15,19H,3-13H2,1-2H3,(H,17,20). The number of aliphatic hydroxyl groups is 1. The molecule has 0 bridgehead atoms.